The number of rotatable bonds is 1. The molecule has 5 rings (SSSR count). The van der Waals surface area contributed by atoms with Crippen molar-refractivity contribution in [2.75, 3.05) is 6.61 Å². The maximum absolute atomic E-state index is 11.6. The van der Waals surface area contributed by atoms with Crippen molar-refractivity contribution in [2.24, 2.45) is 40.4 Å². The van der Waals surface area contributed by atoms with Crippen LogP contribution in [0.2, 0.25) is 0 Å². The van der Waals surface area contributed by atoms with E-state index in [1.807, 2.05) is 6.08 Å². The van der Waals surface area contributed by atoms with Crippen molar-refractivity contribution >= 4 is 5.97 Å². The van der Waals surface area contributed by atoms with Gasteiger partial charge in [0.15, 0.2) is 0 Å². The Kier molecular flexibility index (Phi) is 3.67. The van der Waals surface area contributed by atoms with Crippen molar-refractivity contribution in [3.8, 4) is 0 Å². The molecular formula is C23H34O2. The number of carbonyl (C=O) groups excluding carboxylic acids is 1. The molecule has 7 atom stereocenters. The highest BCUT2D eigenvalue weighted by Crippen LogP contribution is 2.68. The molecule has 0 bridgehead atoms. The molecule has 0 amide bonds. The van der Waals surface area contributed by atoms with Crippen LogP contribution in [0.25, 0.3) is 0 Å². The molecule has 4 saturated carbocycles. The van der Waals surface area contributed by atoms with Gasteiger partial charge in [0.1, 0.15) is 6.61 Å². The molecule has 25 heavy (non-hydrogen) atoms. The van der Waals surface area contributed by atoms with E-state index in [-0.39, 0.29) is 5.97 Å². The fourth-order valence-corrected chi connectivity index (χ4v) is 8.49. The number of ether oxygens (including phenoxy) is 1. The van der Waals surface area contributed by atoms with Gasteiger partial charge >= 0.3 is 5.97 Å². The average Bonchev–Trinajstić information content (AvgIpc) is 3.16. The summed E-state index contributed by atoms with van der Waals surface area (Å²) in [6, 6.07) is 0. The molecule has 4 fully saturated rings. The van der Waals surface area contributed by atoms with E-state index >= 15 is 0 Å². The third-order valence-corrected chi connectivity index (χ3v) is 9.72. The summed E-state index contributed by atoms with van der Waals surface area (Å²) >= 11 is 0. The zero-order chi connectivity index (χ0) is 17.2. The number of hydrogen-bond acceptors (Lipinski definition) is 2. The molecule has 0 aromatic heterocycles. The normalized spacial score (nSPS) is 52.0. The zero-order valence-corrected chi connectivity index (χ0v) is 16.1. The summed E-state index contributed by atoms with van der Waals surface area (Å²) in [5, 5.41) is 0. The summed E-state index contributed by atoms with van der Waals surface area (Å²) in [5.74, 6) is 4.30. The summed E-state index contributed by atoms with van der Waals surface area (Å²) in [6.45, 7) is 5.79. The van der Waals surface area contributed by atoms with E-state index in [1.165, 1.54) is 69.8 Å². The molecule has 2 nitrogen and oxygen atoms in total. The molecule has 0 saturated heterocycles. The van der Waals surface area contributed by atoms with Crippen molar-refractivity contribution in [3.05, 3.63) is 11.6 Å². The van der Waals surface area contributed by atoms with Crippen LogP contribution in [-0.4, -0.2) is 12.6 Å². The molecule has 1 unspecified atom stereocenters. The fourth-order valence-electron chi connectivity index (χ4n) is 8.49. The Bertz CT molecular complexity index is 607. The summed E-state index contributed by atoms with van der Waals surface area (Å²) in [4.78, 5) is 11.6. The van der Waals surface area contributed by atoms with Crippen LogP contribution in [0.3, 0.4) is 0 Å². The molecule has 2 heteroatoms. The number of fused-ring (bicyclic) bond motifs is 5. The van der Waals surface area contributed by atoms with Crippen LogP contribution in [0.5, 0.6) is 0 Å². The Morgan fingerprint density at radius 2 is 1.76 bits per heavy atom. The standard InChI is InChI=1S/C23H34O2/c1-22-11-4-3-5-16(22)6-7-17-19-9-8-18(15-13-21(24)25-14-15)23(19,2)12-10-20(17)22/h13,16-20H,3-12,14H2,1-2H3/t16-,17-,18+,19?,20-,22-,23+/m0/s1. The second kappa shape index (κ2) is 5.60. The van der Waals surface area contributed by atoms with Gasteiger partial charge in [-0.25, -0.2) is 4.79 Å². The molecule has 0 spiro atoms. The molecule has 1 heterocycles. The third kappa shape index (κ3) is 2.24. The number of esters is 1. The van der Waals surface area contributed by atoms with Gasteiger partial charge in [-0.3, -0.25) is 0 Å². The minimum atomic E-state index is -0.106. The van der Waals surface area contributed by atoms with E-state index in [0.29, 0.717) is 23.4 Å². The lowest BCUT2D eigenvalue weighted by Crippen LogP contribution is -2.52. The molecule has 4 aliphatic carbocycles. The Labute approximate surface area is 152 Å². The highest BCUT2D eigenvalue weighted by Gasteiger charge is 2.60. The maximum Gasteiger partial charge on any atom is 0.331 e. The zero-order valence-electron chi connectivity index (χ0n) is 16.1. The SMILES string of the molecule is C[C@]12CCCC[C@H]1CC[C@H]1C3CC[C@H](C4=CC(=O)OC4)[C@@]3(C)CC[C@@H]12. The monoisotopic (exact) mass is 342 g/mol. The van der Waals surface area contributed by atoms with Crippen LogP contribution in [0, 0.1) is 40.4 Å². The molecule has 5 aliphatic rings. The minimum Gasteiger partial charge on any atom is -0.458 e. The van der Waals surface area contributed by atoms with E-state index < -0.39 is 0 Å². The van der Waals surface area contributed by atoms with Crippen LogP contribution in [0.1, 0.15) is 78.1 Å². The summed E-state index contributed by atoms with van der Waals surface area (Å²) in [7, 11) is 0. The van der Waals surface area contributed by atoms with Gasteiger partial charge in [0.2, 0.25) is 0 Å². The summed E-state index contributed by atoms with van der Waals surface area (Å²) in [5.41, 5.74) is 2.36. The van der Waals surface area contributed by atoms with Gasteiger partial charge < -0.3 is 4.74 Å². The van der Waals surface area contributed by atoms with Crippen LogP contribution in [0.15, 0.2) is 11.6 Å². The van der Waals surface area contributed by atoms with E-state index in [1.54, 1.807) is 0 Å². The van der Waals surface area contributed by atoms with Gasteiger partial charge in [-0.15, -0.1) is 0 Å². The minimum absolute atomic E-state index is 0.106. The Morgan fingerprint density at radius 1 is 0.920 bits per heavy atom. The average molecular weight is 343 g/mol. The van der Waals surface area contributed by atoms with Crippen LogP contribution in [0.4, 0.5) is 0 Å². The van der Waals surface area contributed by atoms with Crippen molar-refractivity contribution in [1.29, 1.82) is 0 Å². The fraction of sp³-hybridized carbons (Fsp3) is 0.870. The molecule has 1 aliphatic heterocycles. The van der Waals surface area contributed by atoms with Crippen molar-refractivity contribution in [1.82, 2.24) is 0 Å². The smallest absolute Gasteiger partial charge is 0.331 e. The predicted octanol–water partition coefficient (Wildman–Crippen LogP) is 5.52. The van der Waals surface area contributed by atoms with Gasteiger partial charge in [0.05, 0.1) is 0 Å². The molecule has 0 aromatic carbocycles. The summed E-state index contributed by atoms with van der Waals surface area (Å²) in [6.07, 6.45) is 16.2. The number of hydrogen-bond donors (Lipinski definition) is 0. The second-order valence-corrected chi connectivity index (χ2v) is 10.4. The summed E-state index contributed by atoms with van der Waals surface area (Å²) < 4.78 is 5.26. The largest absolute Gasteiger partial charge is 0.458 e. The van der Waals surface area contributed by atoms with Gasteiger partial charge in [0.25, 0.3) is 0 Å². The topological polar surface area (TPSA) is 26.3 Å². The van der Waals surface area contributed by atoms with Crippen molar-refractivity contribution in [3.63, 3.8) is 0 Å². The Balaban J connectivity index is 1.43. The molecule has 0 N–H and O–H groups in total. The Hall–Kier alpha value is -0.790. The van der Waals surface area contributed by atoms with Crippen LogP contribution < -0.4 is 0 Å². The number of cyclic esters (lactones) is 1. The van der Waals surface area contributed by atoms with Crippen LogP contribution >= 0.6 is 0 Å². The van der Waals surface area contributed by atoms with Gasteiger partial charge in [-0.2, -0.15) is 0 Å². The van der Waals surface area contributed by atoms with Crippen molar-refractivity contribution in [2.45, 2.75) is 78.1 Å². The van der Waals surface area contributed by atoms with E-state index in [2.05, 4.69) is 13.8 Å². The van der Waals surface area contributed by atoms with E-state index in [0.717, 1.165) is 23.7 Å². The molecule has 138 valence electrons. The van der Waals surface area contributed by atoms with Gasteiger partial charge in [-0.1, -0.05) is 26.7 Å². The first-order chi connectivity index (χ1) is 12.0. The Morgan fingerprint density at radius 3 is 2.56 bits per heavy atom. The second-order valence-electron chi connectivity index (χ2n) is 10.4. The first kappa shape index (κ1) is 16.4. The quantitative estimate of drug-likeness (QED) is 0.587. The molecular weight excluding hydrogens is 308 g/mol. The highest BCUT2D eigenvalue weighted by atomic mass is 16.5. The first-order valence-corrected chi connectivity index (χ1v) is 10.9. The lowest BCUT2D eigenvalue weighted by molar-refractivity contribution is -0.135. The van der Waals surface area contributed by atoms with Crippen molar-refractivity contribution < 1.29 is 9.53 Å². The predicted molar refractivity (Wildman–Crippen MR) is 98.9 cm³/mol. The van der Waals surface area contributed by atoms with E-state index in [4.69, 9.17) is 4.74 Å². The lowest BCUT2D eigenvalue weighted by atomic mass is 9.44. The van der Waals surface area contributed by atoms with Gasteiger partial charge in [0, 0.05) is 6.08 Å². The lowest BCUT2D eigenvalue weighted by Gasteiger charge is -2.60. The highest BCUT2D eigenvalue weighted by molar-refractivity contribution is 5.85. The van der Waals surface area contributed by atoms with Gasteiger partial charge in [-0.05, 0) is 97.4 Å². The van der Waals surface area contributed by atoms with Crippen LogP contribution in [-0.2, 0) is 9.53 Å². The molecule has 0 aromatic rings. The third-order valence-electron chi connectivity index (χ3n) is 9.72. The maximum atomic E-state index is 11.6. The van der Waals surface area contributed by atoms with E-state index in [9.17, 15) is 4.79 Å². The number of carbonyl (C=O) groups is 1. The molecule has 0 radical (unpaired) electrons. The first-order valence-electron chi connectivity index (χ1n) is 10.9.